The molecule has 0 radical (unpaired) electrons. The molecule has 10 nitrogen and oxygen atoms in total. The maximum absolute atomic E-state index is 12.9. The van der Waals surface area contributed by atoms with Crippen molar-refractivity contribution in [1.29, 1.82) is 0 Å². The summed E-state index contributed by atoms with van der Waals surface area (Å²) in [6.45, 7) is 4.43. The second-order valence-corrected chi connectivity index (χ2v) is 8.64. The molecule has 1 aliphatic rings. The summed E-state index contributed by atoms with van der Waals surface area (Å²) in [7, 11) is 1.53. The first-order valence-electron chi connectivity index (χ1n) is 11.2. The van der Waals surface area contributed by atoms with E-state index in [4.69, 9.17) is 9.84 Å². The Morgan fingerprint density at radius 3 is 2.51 bits per heavy atom. The molecule has 2 aromatic carbocycles. The molecule has 184 valence electrons. The number of β-amino-alcohol motifs (C(OH)–C–C–N with tert-alkyl or cyclic N) is 1. The third-order valence-electron chi connectivity index (χ3n) is 5.72. The second-order valence-electron chi connectivity index (χ2n) is 7.92. The first kappa shape index (κ1) is 24.5. The highest BCUT2D eigenvalue weighted by Gasteiger charge is 2.17. The molecule has 1 aliphatic heterocycles. The van der Waals surface area contributed by atoms with E-state index in [1.165, 1.54) is 18.4 Å². The number of aliphatic hydroxyl groups is 1. The molecular weight excluding hydrogens is 468 g/mol. The number of ether oxygens (including phenoxy) is 1. The van der Waals surface area contributed by atoms with Gasteiger partial charge in [-0.3, -0.25) is 25.3 Å². The van der Waals surface area contributed by atoms with Crippen molar-refractivity contribution >= 4 is 40.2 Å². The molecule has 0 bridgehead atoms. The van der Waals surface area contributed by atoms with Crippen LogP contribution in [0.25, 0.3) is 0 Å². The summed E-state index contributed by atoms with van der Waals surface area (Å²) in [4.78, 5) is 33.5. The average molecular weight is 497 g/mol. The van der Waals surface area contributed by atoms with Gasteiger partial charge in [0.05, 0.1) is 30.6 Å². The van der Waals surface area contributed by atoms with Gasteiger partial charge in [-0.1, -0.05) is 0 Å². The molecule has 2 amide bonds. The number of hydrazine groups is 1. The van der Waals surface area contributed by atoms with E-state index >= 15 is 0 Å². The van der Waals surface area contributed by atoms with Crippen LogP contribution in [0.4, 0.5) is 17.1 Å². The van der Waals surface area contributed by atoms with Crippen molar-refractivity contribution in [2.24, 2.45) is 0 Å². The minimum atomic E-state index is -0.359. The Morgan fingerprint density at radius 1 is 1.09 bits per heavy atom. The molecule has 1 aromatic heterocycles. The van der Waals surface area contributed by atoms with E-state index in [0.717, 1.165) is 31.9 Å². The number of piperazine rings is 1. The molecule has 1 saturated heterocycles. The molecule has 0 aliphatic carbocycles. The van der Waals surface area contributed by atoms with E-state index < -0.39 is 0 Å². The van der Waals surface area contributed by atoms with Crippen LogP contribution in [-0.4, -0.2) is 73.2 Å². The van der Waals surface area contributed by atoms with Gasteiger partial charge in [-0.05, 0) is 42.5 Å². The average Bonchev–Trinajstić information content (AvgIpc) is 3.43. The van der Waals surface area contributed by atoms with E-state index in [2.05, 4.69) is 31.0 Å². The van der Waals surface area contributed by atoms with Crippen molar-refractivity contribution in [1.82, 2.24) is 15.3 Å². The number of nitrogens with zero attached hydrogens (tertiary/aromatic N) is 3. The van der Waals surface area contributed by atoms with E-state index in [0.29, 0.717) is 34.9 Å². The maximum atomic E-state index is 12.9. The van der Waals surface area contributed by atoms with Gasteiger partial charge < -0.3 is 20.1 Å². The summed E-state index contributed by atoms with van der Waals surface area (Å²) in [5.41, 5.74) is 9.93. The van der Waals surface area contributed by atoms with Crippen molar-refractivity contribution in [2.75, 3.05) is 62.1 Å². The normalized spacial score (nSPS) is 13.8. The largest absolute Gasteiger partial charge is 0.495 e. The van der Waals surface area contributed by atoms with Crippen LogP contribution in [-0.2, 0) is 0 Å². The number of carbonyl (C=O) groups excluding carboxylic acids is 2. The zero-order valence-electron chi connectivity index (χ0n) is 19.4. The van der Waals surface area contributed by atoms with Crippen LogP contribution in [0.3, 0.4) is 0 Å². The van der Waals surface area contributed by atoms with Crippen molar-refractivity contribution in [3.63, 3.8) is 0 Å². The fraction of sp³-hybridized carbons (Fsp3) is 0.292. The predicted octanol–water partition coefficient (Wildman–Crippen LogP) is 2.28. The van der Waals surface area contributed by atoms with Crippen LogP contribution >= 0.6 is 11.3 Å². The minimum absolute atomic E-state index is 0.175. The van der Waals surface area contributed by atoms with E-state index in [1.807, 2.05) is 12.1 Å². The van der Waals surface area contributed by atoms with Gasteiger partial charge in [0, 0.05) is 49.4 Å². The van der Waals surface area contributed by atoms with Gasteiger partial charge in [-0.25, -0.2) is 4.98 Å². The molecule has 4 rings (SSSR count). The van der Waals surface area contributed by atoms with Gasteiger partial charge >= 0.3 is 0 Å². The van der Waals surface area contributed by atoms with Crippen LogP contribution in [0.5, 0.6) is 5.75 Å². The zero-order valence-corrected chi connectivity index (χ0v) is 20.2. The van der Waals surface area contributed by atoms with Crippen LogP contribution < -0.4 is 25.8 Å². The summed E-state index contributed by atoms with van der Waals surface area (Å²) in [5.74, 6) is -0.138. The Hall–Kier alpha value is -3.67. The Labute approximate surface area is 207 Å². The topological polar surface area (TPSA) is 119 Å². The quantitative estimate of drug-likeness (QED) is 0.333. The number of thiazole rings is 1. The summed E-state index contributed by atoms with van der Waals surface area (Å²) < 4.78 is 5.38. The number of anilines is 3. The molecule has 3 aromatic rings. The number of aliphatic hydroxyl groups excluding tert-OH is 1. The molecule has 11 heteroatoms. The molecule has 1 fully saturated rings. The lowest BCUT2D eigenvalue weighted by molar-refractivity contribution is 0.0957. The number of hydrogen-bond acceptors (Lipinski definition) is 9. The number of methoxy groups -OCH3 is 1. The molecule has 4 N–H and O–H groups in total. The highest BCUT2D eigenvalue weighted by atomic mass is 32.1. The summed E-state index contributed by atoms with van der Waals surface area (Å²) >= 11 is 1.34. The van der Waals surface area contributed by atoms with Gasteiger partial charge in [-0.15, -0.1) is 11.3 Å². The highest BCUT2D eigenvalue weighted by Crippen LogP contribution is 2.28. The third-order valence-corrected chi connectivity index (χ3v) is 6.30. The highest BCUT2D eigenvalue weighted by molar-refractivity contribution is 7.07. The number of aromatic nitrogens is 1. The smallest absolute Gasteiger partial charge is 0.289 e. The minimum Gasteiger partial charge on any atom is -0.495 e. The monoisotopic (exact) mass is 496 g/mol. The molecule has 0 unspecified atom stereocenters. The van der Waals surface area contributed by atoms with Gasteiger partial charge in [0.1, 0.15) is 11.4 Å². The Bertz CT molecular complexity index is 1130. The number of benzene rings is 2. The SMILES string of the molecule is COc1ccc(NNC(=O)c2cscn2)cc1NC(=O)c1ccc(N2CCN(CCO)CC2)cc1. The molecular formula is C24H28N6O4S. The van der Waals surface area contributed by atoms with E-state index in [9.17, 15) is 9.59 Å². The molecule has 2 heterocycles. The van der Waals surface area contributed by atoms with Crippen LogP contribution in [0.1, 0.15) is 20.8 Å². The zero-order chi connectivity index (χ0) is 24.6. The Kier molecular flexibility index (Phi) is 8.14. The number of hydrogen-bond donors (Lipinski definition) is 4. The van der Waals surface area contributed by atoms with Crippen molar-refractivity contribution in [3.05, 3.63) is 64.6 Å². The third kappa shape index (κ3) is 6.27. The fourth-order valence-corrected chi connectivity index (χ4v) is 4.32. The summed E-state index contributed by atoms with van der Waals surface area (Å²) in [6, 6.07) is 12.6. The number of amides is 2. The standard InChI is InChI=1S/C24H28N6O4S/c1-34-22-7-4-18(27-28-24(33)21-15-35-16-25-21)14-20(22)26-23(32)17-2-5-19(6-3-17)30-10-8-29(9-11-30)12-13-31/h2-7,14-16,27,31H,8-13H2,1H3,(H,26,32)(H,28,33). The van der Waals surface area contributed by atoms with Gasteiger partial charge in [0.25, 0.3) is 11.8 Å². The molecule has 0 atom stereocenters. The maximum Gasteiger partial charge on any atom is 0.289 e. The number of nitrogens with one attached hydrogen (secondary N) is 3. The summed E-state index contributed by atoms with van der Waals surface area (Å²) in [6.07, 6.45) is 0. The number of carbonyl (C=O) groups is 2. The Morgan fingerprint density at radius 2 is 1.86 bits per heavy atom. The van der Waals surface area contributed by atoms with Crippen molar-refractivity contribution in [2.45, 2.75) is 0 Å². The van der Waals surface area contributed by atoms with Gasteiger partial charge in [0.2, 0.25) is 0 Å². The van der Waals surface area contributed by atoms with Crippen molar-refractivity contribution < 1.29 is 19.4 Å². The predicted molar refractivity (Wildman–Crippen MR) is 136 cm³/mol. The first-order chi connectivity index (χ1) is 17.1. The van der Waals surface area contributed by atoms with Crippen LogP contribution in [0.15, 0.2) is 53.4 Å². The Balaban J connectivity index is 1.37. The first-order valence-corrected chi connectivity index (χ1v) is 12.1. The van der Waals surface area contributed by atoms with E-state index in [1.54, 1.807) is 41.2 Å². The van der Waals surface area contributed by atoms with Crippen LogP contribution in [0, 0.1) is 0 Å². The lowest BCUT2D eigenvalue weighted by Crippen LogP contribution is -2.47. The van der Waals surface area contributed by atoms with Crippen LogP contribution in [0.2, 0.25) is 0 Å². The molecule has 35 heavy (non-hydrogen) atoms. The van der Waals surface area contributed by atoms with Crippen molar-refractivity contribution in [3.8, 4) is 5.75 Å². The molecule has 0 saturated carbocycles. The fourth-order valence-electron chi connectivity index (χ4n) is 3.79. The number of rotatable bonds is 9. The lowest BCUT2D eigenvalue weighted by atomic mass is 10.1. The lowest BCUT2D eigenvalue weighted by Gasteiger charge is -2.35. The van der Waals surface area contributed by atoms with E-state index in [-0.39, 0.29) is 18.4 Å². The van der Waals surface area contributed by atoms with Gasteiger partial charge in [-0.2, -0.15) is 0 Å². The van der Waals surface area contributed by atoms with Gasteiger partial charge in [0.15, 0.2) is 0 Å². The molecule has 0 spiro atoms. The summed E-state index contributed by atoms with van der Waals surface area (Å²) in [5, 5.41) is 13.6. The second kappa shape index (κ2) is 11.6.